The molecule has 0 aliphatic rings. The molecular weight excluding hydrogens is 438 g/mol. The van der Waals surface area contributed by atoms with Gasteiger partial charge in [-0.05, 0) is 66.6 Å². The number of hydrogen-bond acceptors (Lipinski definition) is 5. The summed E-state index contributed by atoms with van der Waals surface area (Å²) in [5.41, 5.74) is 2.69. The molecule has 0 radical (unpaired) electrons. The van der Waals surface area contributed by atoms with E-state index in [0.717, 1.165) is 22.4 Å². The largest absolute Gasteiger partial charge is 0.457 e. The Morgan fingerprint density at radius 3 is 2.37 bits per heavy atom. The zero-order valence-electron chi connectivity index (χ0n) is 19.1. The Kier molecular flexibility index (Phi) is 7.52. The second-order valence-electron chi connectivity index (χ2n) is 7.56. The standard InChI is InChI=1S/C29H23N3O3/c1-2-22(18-30)29(33)32-19-21-7-6-8-23(17-21)27-20-31-16-15-28(27)35-26-13-11-25(12-14-26)34-24-9-4-3-5-10-24/h2-17,20H,19H2,1H3,(H,32,33)/b22-2+. The van der Waals surface area contributed by atoms with Crippen LogP contribution in [-0.2, 0) is 11.3 Å². The SMILES string of the molecule is C/C=C(\C#N)C(=O)NCc1cccc(-c2cnccc2Oc2ccc(Oc3ccccc3)cc2)c1. The molecule has 1 aromatic heterocycles. The molecule has 4 aromatic rings. The molecule has 0 fully saturated rings. The van der Waals surface area contributed by atoms with E-state index in [1.54, 1.807) is 19.3 Å². The first-order chi connectivity index (χ1) is 17.2. The average molecular weight is 462 g/mol. The van der Waals surface area contributed by atoms with Gasteiger partial charge in [0.05, 0.1) is 0 Å². The number of benzene rings is 3. The first-order valence-electron chi connectivity index (χ1n) is 11.0. The van der Waals surface area contributed by atoms with Crippen LogP contribution in [0, 0.1) is 11.3 Å². The van der Waals surface area contributed by atoms with Crippen LogP contribution in [-0.4, -0.2) is 10.9 Å². The number of ether oxygens (including phenoxy) is 2. The first-order valence-corrected chi connectivity index (χ1v) is 11.0. The fourth-order valence-corrected chi connectivity index (χ4v) is 3.39. The van der Waals surface area contributed by atoms with Gasteiger partial charge < -0.3 is 14.8 Å². The molecule has 0 atom stereocenters. The van der Waals surface area contributed by atoms with Gasteiger partial charge in [-0.2, -0.15) is 5.26 Å². The van der Waals surface area contributed by atoms with Crippen molar-refractivity contribution in [2.45, 2.75) is 13.5 Å². The normalized spacial score (nSPS) is 10.8. The third-order valence-corrected chi connectivity index (χ3v) is 5.16. The van der Waals surface area contributed by atoms with Gasteiger partial charge in [-0.15, -0.1) is 0 Å². The monoisotopic (exact) mass is 461 g/mol. The zero-order valence-corrected chi connectivity index (χ0v) is 19.1. The molecule has 35 heavy (non-hydrogen) atoms. The van der Waals surface area contributed by atoms with Crippen LogP contribution >= 0.6 is 0 Å². The molecule has 172 valence electrons. The van der Waals surface area contributed by atoms with Gasteiger partial charge in [0, 0.05) is 24.5 Å². The number of carbonyl (C=O) groups excluding carboxylic acids is 1. The number of pyridine rings is 1. The highest BCUT2D eigenvalue weighted by atomic mass is 16.5. The van der Waals surface area contributed by atoms with E-state index in [1.807, 2.05) is 91.0 Å². The fraction of sp³-hybridized carbons (Fsp3) is 0.0690. The van der Waals surface area contributed by atoms with E-state index in [1.165, 1.54) is 6.08 Å². The van der Waals surface area contributed by atoms with Gasteiger partial charge in [-0.3, -0.25) is 9.78 Å². The van der Waals surface area contributed by atoms with E-state index < -0.39 is 5.91 Å². The summed E-state index contributed by atoms with van der Waals surface area (Å²) in [5.74, 6) is 2.40. The van der Waals surface area contributed by atoms with Crippen molar-refractivity contribution >= 4 is 5.91 Å². The van der Waals surface area contributed by atoms with Crippen molar-refractivity contribution in [3.63, 3.8) is 0 Å². The maximum Gasteiger partial charge on any atom is 0.261 e. The van der Waals surface area contributed by atoms with Crippen molar-refractivity contribution < 1.29 is 14.3 Å². The second-order valence-corrected chi connectivity index (χ2v) is 7.56. The smallest absolute Gasteiger partial charge is 0.261 e. The molecule has 0 unspecified atom stereocenters. The van der Waals surface area contributed by atoms with Crippen molar-refractivity contribution in [3.8, 4) is 40.2 Å². The Balaban J connectivity index is 1.48. The van der Waals surface area contributed by atoms with Crippen LogP contribution < -0.4 is 14.8 Å². The lowest BCUT2D eigenvalue weighted by Crippen LogP contribution is -2.23. The maximum absolute atomic E-state index is 12.1. The van der Waals surface area contributed by atoms with Gasteiger partial charge in [0.1, 0.15) is 34.6 Å². The third kappa shape index (κ3) is 6.12. The van der Waals surface area contributed by atoms with Crippen molar-refractivity contribution in [2.75, 3.05) is 0 Å². The average Bonchev–Trinajstić information content (AvgIpc) is 2.90. The number of nitrogens with zero attached hydrogens (tertiary/aromatic N) is 2. The number of allylic oxidation sites excluding steroid dienone is 1. The predicted molar refractivity (Wildman–Crippen MR) is 134 cm³/mol. The van der Waals surface area contributed by atoms with Crippen LogP contribution in [0.25, 0.3) is 11.1 Å². The van der Waals surface area contributed by atoms with Gasteiger partial charge in [-0.25, -0.2) is 0 Å². The highest BCUT2D eigenvalue weighted by Crippen LogP contribution is 2.34. The van der Waals surface area contributed by atoms with E-state index in [-0.39, 0.29) is 5.57 Å². The van der Waals surface area contributed by atoms with Crippen molar-refractivity contribution in [2.24, 2.45) is 0 Å². The minimum atomic E-state index is -0.398. The number of nitriles is 1. The molecule has 1 N–H and O–H groups in total. The molecule has 0 spiro atoms. The first kappa shape index (κ1) is 23.3. The summed E-state index contributed by atoms with van der Waals surface area (Å²) in [7, 11) is 0. The summed E-state index contributed by atoms with van der Waals surface area (Å²) in [6, 6.07) is 28.4. The molecule has 0 saturated heterocycles. The molecule has 1 heterocycles. The molecular formula is C29H23N3O3. The molecule has 4 rings (SSSR count). The molecule has 0 saturated carbocycles. The third-order valence-electron chi connectivity index (χ3n) is 5.16. The van der Waals surface area contributed by atoms with Crippen molar-refractivity contribution in [1.82, 2.24) is 10.3 Å². The molecule has 0 aliphatic heterocycles. The lowest BCUT2D eigenvalue weighted by Gasteiger charge is -2.13. The van der Waals surface area contributed by atoms with E-state index >= 15 is 0 Å². The summed E-state index contributed by atoms with van der Waals surface area (Å²) in [4.78, 5) is 16.3. The number of carbonyl (C=O) groups is 1. The van der Waals surface area contributed by atoms with Gasteiger partial charge in [0.2, 0.25) is 0 Å². The van der Waals surface area contributed by atoms with E-state index in [0.29, 0.717) is 23.8 Å². The number of para-hydroxylation sites is 1. The molecule has 1 amide bonds. The lowest BCUT2D eigenvalue weighted by atomic mass is 10.0. The number of hydrogen-bond donors (Lipinski definition) is 1. The zero-order chi connectivity index (χ0) is 24.5. The van der Waals surface area contributed by atoms with Crippen LogP contribution in [0.3, 0.4) is 0 Å². The molecule has 0 aliphatic carbocycles. The molecule has 3 aromatic carbocycles. The highest BCUT2D eigenvalue weighted by molar-refractivity contribution is 5.97. The Hall–Kier alpha value is -4.89. The van der Waals surface area contributed by atoms with Crippen LogP contribution in [0.2, 0.25) is 0 Å². The van der Waals surface area contributed by atoms with E-state index in [4.69, 9.17) is 14.7 Å². The lowest BCUT2D eigenvalue weighted by molar-refractivity contribution is -0.117. The Morgan fingerprint density at radius 1 is 0.943 bits per heavy atom. The molecule has 6 nitrogen and oxygen atoms in total. The summed E-state index contributed by atoms with van der Waals surface area (Å²) in [6.07, 6.45) is 4.91. The van der Waals surface area contributed by atoms with Gasteiger partial charge >= 0.3 is 0 Å². The van der Waals surface area contributed by atoms with Crippen LogP contribution in [0.15, 0.2) is 109 Å². The predicted octanol–water partition coefficient (Wildman–Crippen LogP) is 6.42. The quantitative estimate of drug-likeness (QED) is 0.242. The minimum absolute atomic E-state index is 0.0873. The highest BCUT2D eigenvalue weighted by Gasteiger charge is 2.11. The second kappa shape index (κ2) is 11.3. The molecule has 0 bridgehead atoms. The summed E-state index contributed by atoms with van der Waals surface area (Å²) < 4.78 is 12.0. The Bertz CT molecular complexity index is 1370. The summed E-state index contributed by atoms with van der Waals surface area (Å²) in [6.45, 7) is 1.96. The number of rotatable bonds is 8. The van der Waals surface area contributed by atoms with Crippen molar-refractivity contribution in [3.05, 3.63) is 115 Å². The maximum atomic E-state index is 12.1. The minimum Gasteiger partial charge on any atom is -0.457 e. The van der Waals surface area contributed by atoms with E-state index in [2.05, 4.69) is 10.3 Å². The summed E-state index contributed by atoms with van der Waals surface area (Å²) in [5, 5.41) is 11.8. The van der Waals surface area contributed by atoms with Gasteiger partial charge in [0.25, 0.3) is 5.91 Å². The fourth-order valence-electron chi connectivity index (χ4n) is 3.39. The van der Waals surface area contributed by atoms with Crippen LogP contribution in [0.5, 0.6) is 23.0 Å². The Morgan fingerprint density at radius 2 is 1.66 bits per heavy atom. The summed E-state index contributed by atoms with van der Waals surface area (Å²) >= 11 is 0. The van der Waals surface area contributed by atoms with Gasteiger partial charge in [0.15, 0.2) is 0 Å². The van der Waals surface area contributed by atoms with Crippen molar-refractivity contribution in [1.29, 1.82) is 5.26 Å². The number of nitrogens with one attached hydrogen (secondary N) is 1. The van der Waals surface area contributed by atoms with Crippen LogP contribution in [0.4, 0.5) is 0 Å². The number of aromatic nitrogens is 1. The van der Waals surface area contributed by atoms with Crippen LogP contribution in [0.1, 0.15) is 12.5 Å². The topological polar surface area (TPSA) is 84.2 Å². The number of amides is 1. The van der Waals surface area contributed by atoms with Gasteiger partial charge in [-0.1, -0.05) is 42.5 Å². The molecule has 6 heteroatoms. The Labute approximate surface area is 204 Å². The van der Waals surface area contributed by atoms with E-state index in [9.17, 15) is 4.79 Å².